The normalized spacial score (nSPS) is 12.8. The number of aliphatic hydroxyl groups excluding tert-OH is 1. The number of carbonyl (C=O) groups is 1. The molecule has 0 heterocycles. The quantitative estimate of drug-likeness (QED) is 0.698. The van der Waals surface area contributed by atoms with Gasteiger partial charge < -0.3 is 16.2 Å². The second-order valence-corrected chi connectivity index (χ2v) is 6.75. The molecule has 0 radical (unpaired) electrons. The molecule has 0 aliphatic carbocycles. The molecule has 4 N–H and O–H groups in total. The molecule has 0 saturated carbocycles. The summed E-state index contributed by atoms with van der Waals surface area (Å²) < 4.78 is 0. The van der Waals surface area contributed by atoms with Crippen LogP contribution < -0.4 is 11.1 Å². The van der Waals surface area contributed by atoms with Gasteiger partial charge in [0.1, 0.15) is 0 Å². The van der Waals surface area contributed by atoms with Gasteiger partial charge in [-0.15, -0.1) is 0 Å². The van der Waals surface area contributed by atoms with Crippen molar-refractivity contribution in [3.05, 3.63) is 71.3 Å². The van der Waals surface area contributed by atoms with Gasteiger partial charge in [0.2, 0.25) is 5.91 Å². The number of β-amino-alcohol motifs (C(OH)–C–C–N with tert-alkyl or cyclic N) is 1. The average Bonchev–Trinajstić information content (AvgIpc) is 2.59. The van der Waals surface area contributed by atoms with Crippen molar-refractivity contribution < 1.29 is 9.90 Å². The fraction of sp³-hybridized carbons (Fsp3) is 0.350. The van der Waals surface area contributed by atoms with Crippen molar-refractivity contribution in [2.45, 2.75) is 38.3 Å². The molecule has 4 heteroatoms. The van der Waals surface area contributed by atoms with E-state index in [0.29, 0.717) is 12.1 Å². The lowest BCUT2D eigenvalue weighted by molar-refractivity contribution is 0.100. The van der Waals surface area contributed by atoms with Crippen LogP contribution in [0.1, 0.15) is 47.9 Å². The summed E-state index contributed by atoms with van der Waals surface area (Å²) in [5, 5.41) is 13.7. The third kappa shape index (κ3) is 5.48. The molecule has 0 aliphatic heterocycles. The monoisotopic (exact) mass is 326 g/mol. The maximum absolute atomic E-state index is 11.1. The Morgan fingerprint density at radius 3 is 2.33 bits per heavy atom. The lowest BCUT2D eigenvalue weighted by Gasteiger charge is -2.28. The van der Waals surface area contributed by atoms with E-state index < -0.39 is 12.0 Å². The molecular formula is C20H26N2O2. The number of hydrogen-bond donors (Lipinski definition) is 3. The lowest BCUT2D eigenvalue weighted by atomic mass is 9.94. The number of aliphatic hydroxyl groups is 1. The molecule has 2 aromatic carbocycles. The second kappa shape index (κ2) is 8.08. The fourth-order valence-electron chi connectivity index (χ4n) is 2.55. The minimum absolute atomic E-state index is 0.0991. The molecular weight excluding hydrogens is 300 g/mol. The maximum atomic E-state index is 11.1. The minimum Gasteiger partial charge on any atom is -0.387 e. The number of aryl methyl sites for hydroxylation is 1. The molecule has 2 rings (SSSR count). The van der Waals surface area contributed by atoms with Crippen LogP contribution in [0.3, 0.4) is 0 Å². The average molecular weight is 326 g/mol. The van der Waals surface area contributed by atoms with Gasteiger partial charge in [-0.2, -0.15) is 0 Å². The SMILES string of the molecule is CC(C)(CCc1ccc(C(N)=O)cc1)NC[C@H](O)c1ccccc1. The summed E-state index contributed by atoms with van der Waals surface area (Å²) in [6.45, 7) is 4.77. The topological polar surface area (TPSA) is 75.4 Å². The minimum atomic E-state index is -0.514. The van der Waals surface area contributed by atoms with Crippen molar-refractivity contribution in [1.82, 2.24) is 5.32 Å². The van der Waals surface area contributed by atoms with Gasteiger partial charge in [0.05, 0.1) is 6.10 Å². The van der Waals surface area contributed by atoms with Crippen LogP contribution in [0.15, 0.2) is 54.6 Å². The van der Waals surface area contributed by atoms with Crippen LogP contribution in [0.5, 0.6) is 0 Å². The van der Waals surface area contributed by atoms with Crippen LogP contribution in [0.25, 0.3) is 0 Å². The standard InChI is InChI=1S/C20H26N2O2/c1-20(2,22-14-18(23)16-6-4-3-5-7-16)13-12-15-8-10-17(11-9-15)19(21)24/h3-11,18,22-23H,12-14H2,1-2H3,(H2,21,24)/t18-/m0/s1. The summed E-state index contributed by atoms with van der Waals surface area (Å²) in [5.74, 6) is -0.404. The third-order valence-electron chi connectivity index (χ3n) is 4.24. The molecule has 0 spiro atoms. The van der Waals surface area contributed by atoms with Crippen LogP contribution in [0.2, 0.25) is 0 Å². The number of nitrogens with one attached hydrogen (secondary N) is 1. The first-order valence-corrected chi connectivity index (χ1v) is 8.24. The van der Waals surface area contributed by atoms with Crippen molar-refractivity contribution >= 4 is 5.91 Å². The predicted molar refractivity (Wildman–Crippen MR) is 96.8 cm³/mol. The highest BCUT2D eigenvalue weighted by Crippen LogP contribution is 2.17. The number of benzene rings is 2. The summed E-state index contributed by atoms with van der Waals surface area (Å²) in [5.41, 5.74) is 7.77. The first kappa shape index (κ1) is 18.2. The van der Waals surface area contributed by atoms with E-state index >= 15 is 0 Å². The zero-order valence-corrected chi connectivity index (χ0v) is 14.3. The van der Waals surface area contributed by atoms with Crippen LogP contribution in [0.4, 0.5) is 0 Å². The molecule has 0 saturated heterocycles. The molecule has 0 fully saturated rings. The first-order chi connectivity index (χ1) is 11.4. The van der Waals surface area contributed by atoms with E-state index in [1.807, 2.05) is 42.5 Å². The highest BCUT2D eigenvalue weighted by molar-refractivity contribution is 5.92. The Labute approximate surface area is 143 Å². The van der Waals surface area contributed by atoms with Gasteiger partial charge in [-0.05, 0) is 49.9 Å². The summed E-state index contributed by atoms with van der Waals surface area (Å²) in [6.07, 6.45) is 1.30. The van der Waals surface area contributed by atoms with Crippen LogP contribution >= 0.6 is 0 Å². The van der Waals surface area contributed by atoms with Gasteiger partial charge in [0.15, 0.2) is 0 Å². The van der Waals surface area contributed by atoms with Crippen molar-refractivity contribution in [2.24, 2.45) is 5.73 Å². The number of primary amides is 1. The Kier molecular flexibility index (Phi) is 6.12. The molecule has 0 aliphatic rings. The van der Waals surface area contributed by atoms with E-state index in [2.05, 4.69) is 19.2 Å². The van der Waals surface area contributed by atoms with Crippen molar-refractivity contribution in [3.8, 4) is 0 Å². The van der Waals surface area contributed by atoms with Crippen LogP contribution in [-0.4, -0.2) is 23.1 Å². The Morgan fingerprint density at radius 1 is 1.12 bits per heavy atom. The Hall–Kier alpha value is -2.17. The van der Waals surface area contributed by atoms with E-state index in [4.69, 9.17) is 5.73 Å². The van der Waals surface area contributed by atoms with Crippen LogP contribution in [-0.2, 0) is 6.42 Å². The third-order valence-corrected chi connectivity index (χ3v) is 4.24. The van der Waals surface area contributed by atoms with Gasteiger partial charge in [0, 0.05) is 17.6 Å². The smallest absolute Gasteiger partial charge is 0.248 e. The van der Waals surface area contributed by atoms with E-state index in [1.54, 1.807) is 12.1 Å². The number of carbonyl (C=O) groups excluding carboxylic acids is 1. The fourth-order valence-corrected chi connectivity index (χ4v) is 2.55. The molecule has 2 aromatic rings. The highest BCUT2D eigenvalue weighted by Gasteiger charge is 2.19. The van der Waals surface area contributed by atoms with E-state index in [0.717, 1.165) is 18.4 Å². The van der Waals surface area contributed by atoms with Crippen molar-refractivity contribution in [3.63, 3.8) is 0 Å². The molecule has 1 atom stereocenters. The molecule has 4 nitrogen and oxygen atoms in total. The largest absolute Gasteiger partial charge is 0.387 e. The number of hydrogen-bond acceptors (Lipinski definition) is 3. The van der Waals surface area contributed by atoms with Gasteiger partial charge in [-0.1, -0.05) is 42.5 Å². The van der Waals surface area contributed by atoms with Crippen LogP contribution in [0, 0.1) is 0 Å². The number of rotatable bonds is 8. The summed E-state index contributed by atoms with van der Waals surface area (Å²) in [7, 11) is 0. The summed E-state index contributed by atoms with van der Waals surface area (Å²) in [6, 6.07) is 17.1. The van der Waals surface area contributed by atoms with E-state index in [9.17, 15) is 9.90 Å². The zero-order chi connectivity index (χ0) is 17.6. The van der Waals surface area contributed by atoms with Crippen molar-refractivity contribution in [1.29, 1.82) is 0 Å². The molecule has 1 amide bonds. The Bertz CT molecular complexity index is 651. The maximum Gasteiger partial charge on any atom is 0.248 e. The van der Waals surface area contributed by atoms with Gasteiger partial charge in [0.25, 0.3) is 0 Å². The molecule has 0 bridgehead atoms. The number of nitrogens with two attached hydrogens (primary N) is 1. The molecule has 0 aromatic heterocycles. The lowest BCUT2D eigenvalue weighted by Crippen LogP contribution is -2.41. The second-order valence-electron chi connectivity index (χ2n) is 6.75. The highest BCUT2D eigenvalue weighted by atomic mass is 16.3. The molecule has 128 valence electrons. The Morgan fingerprint density at radius 2 is 1.75 bits per heavy atom. The first-order valence-electron chi connectivity index (χ1n) is 8.24. The number of amides is 1. The Balaban J connectivity index is 1.83. The van der Waals surface area contributed by atoms with Gasteiger partial charge in [-0.25, -0.2) is 0 Å². The van der Waals surface area contributed by atoms with Gasteiger partial charge >= 0.3 is 0 Å². The van der Waals surface area contributed by atoms with E-state index in [1.165, 1.54) is 5.56 Å². The van der Waals surface area contributed by atoms with Gasteiger partial charge in [-0.3, -0.25) is 4.79 Å². The van der Waals surface area contributed by atoms with Crippen molar-refractivity contribution in [2.75, 3.05) is 6.54 Å². The molecule has 0 unspecified atom stereocenters. The van der Waals surface area contributed by atoms with E-state index in [-0.39, 0.29) is 5.54 Å². The molecule has 24 heavy (non-hydrogen) atoms. The summed E-state index contributed by atoms with van der Waals surface area (Å²) in [4.78, 5) is 11.1. The summed E-state index contributed by atoms with van der Waals surface area (Å²) >= 11 is 0. The predicted octanol–water partition coefficient (Wildman–Crippen LogP) is 2.82. The zero-order valence-electron chi connectivity index (χ0n) is 14.3.